The van der Waals surface area contributed by atoms with Crippen molar-refractivity contribution in [3.63, 3.8) is 0 Å². The molecule has 0 aromatic heterocycles. The molecule has 1 atom stereocenters. The summed E-state index contributed by atoms with van der Waals surface area (Å²) in [5.74, 6) is -0.714. The molecule has 0 aliphatic carbocycles. The number of ether oxygens (including phenoxy) is 1. The van der Waals surface area contributed by atoms with Crippen molar-refractivity contribution in [1.82, 2.24) is 4.90 Å². The largest absolute Gasteiger partial charge is 0.465 e. The van der Waals surface area contributed by atoms with Gasteiger partial charge in [-0.15, -0.1) is 0 Å². The molecule has 1 N–H and O–H groups in total. The van der Waals surface area contributed by atoms with Crippen molar-refractivity contribution in [2.75, 3.05) is 19.0 Å². The first-order valence-electron chi connectivity index (χ1n) is 9.24. The van der Waals surface area contributed by atoms with Gasteiger partial charge in [-0.05, 0) is 42.2 Å². The first kappa shape index (κ1) is 19.6. The lowest BCUT2D eigenvalue weighted by molar-refractivity contribution is -0.132. The van der Waals surface area contributed by atoms with Crippen molar-refractivity contribution < 1.29 is 19.1 Å². The van der Waals surface area contributed by atoms with Crippen LogP contribution in [0, 0.1) is 6.92 Å². The van der Waals surface area contributed by atoms with Gasteiger partial charge in [-0.25, -0.2) is 4.79 Å². The smallest absolute Gasteiger partial charge is 0.337 e. The van der Waals surface area contributed by atoms with E-state index in [2.05, 4.69) is 5.32 Å². The van der Waals surface area contributed by atoms with E-state index in [1.165, 1.54) is 19.6 Å². The normalized spacial score (nSPS) is 15.5. The minimum atomic E-state index is -0.459. The molecule has 1 aliphatic rings. The lowest BCUT2D eigenvalue weighted by Gasteiger charge is -2.36. The number of carbonyl (C=O) groups excluding carboxylic acids is 3. The number of benzene rings is 2. The average molecular weight is 380 g/mol. The maximum Gasteiger partial charge on any atom is 0.337 e. The van der Waals surface area contributed by atoms with Crippen LogP contribution in [0.15, 0.2) is 42.5 Å². The Kier molecular flexibility index (Phi) is 5.78. The summed E-state index contributed by atoms with van der Waals surface area (Å²) in [6.07, 6.45) is 0.937. The van der Waals surface area contributed by atoms with Crippen LogP contribution in [0.25, 0.3) is 0 Å². The molecule has 0 radical (unpaired) electrons. The van der Waals surface area contributed by atoms with Crippen LogP contribution in [0.4, 0.5) is 5.69 Å². The first-order valence-corrected chi connectivity index (χ1v) is 9.24. The number of anilines is 1. The number of amides is 2. The predicted octanol–water partition coefficient (Wildman–Crippen LogP) is 3.26. The van der Waals surface area contributed by atoms with E-state index < -0.39 is 5.97 Å². The zero-order chi connectivity index (χ0) is 20.3. The summed E-state index contributed by atoms with van der Waals surface area (Å²) in [6.45, 7) is 3.98. The van der Waals surface area contributed by atoms with Crippen LogP contribution in [0.5, 0.6) is 0 Å². The lowest BCUT2D eigenvalue weighted by atomic mass is 9.90. The summed E-state index contributed by atoms with van der Waals surface area (Å²) >= 11 is 0. The highest BCUT2D eigenvalue weighted by molar-refractivity contribution is 5.95. The van der Waals surface area contributed by atoms with Crippen LogP contribution in [0.2, 0.25) is 0 Å². The third-order valence-corrected chi connectivity index (χ3v) is 5.13. The van der Waals surface area contributed by atoms with Gasteiger partial charge < -0.3 is 15.0 Å². The maximum atomic E-state index is 12.8. The Morgan fingerprint density at radius 3 is 2.64 bits per heavy atom. The minimum absolute atomic E-state index is 0.0452. The second kappa shape index (κ2) is 8.25. The SMILES string of the molecule is COC(=O)c1ccc(C)c(NC(=O)CC2c3ccccc3CCN2C(C)=O)c1. The summed E-state index contributed by atoms with van der Waals surface area (Å²) in [5.41, 5.74) is 3.96. The Morgan fingerprint density at radius 1 is 1.18 bits per heavy atom. The summed E-state index contributed by atoms with van der Waals surface area (Å²) in [5, 5.41) is 2.88. The third-order valence-electron chi connectivity index (χ3n) is 5.13. The second-order valence-corrected chi connectivity index (χ2v) is 6.95. The standard InChI is InChI=1S/C22H24N2O4/c1-14-8-9-17(22(27)28-3)12-19(14)23-21(26)13-20-18-7-5-4-6-16(18)10-11-24(20)15(2)25/h4-9,12,20H,10-11,13H2,1-3H3,(H,23,26). The van der Waals surface area contributed by atoms with Gasteiger partial charge in [0.25, 0.3) is 0 Å². The molecule has 6 nitrogen and oxygen atoms in total. The van der Waals surface area contributed by atoms with E-state index in [0.29, 0.717) is 17.8 Å². The molecule has 1 unspecified atom stereocenters. The second-order valence-electron chi connectivity index (χ2n) is 6.95. The van der Waals surface area contributed by atoms with E-state index in [1.54, 1.807) is 23.1 Å². The molecule has 146 valence electrons. The molecule has 1 heterocycles. The predicted molar refractivity (Wildman–Crippen MR) is 106 cm³/mol. The van der Waals surface area contributed by atoms with Crippen LogP contribution in [0.1, 0.15) is 46.4 Å². The van der Waals surface area contributed by atoms with E-state index in [-0.39, 0.29) is 24.3 Å². The van der Waals surface area contributed by atoms with Crippen molar-refractivity contribution in [3.05, 3.63) is 64.7 Å². The molecule has 2 aromatic rings. The molecule has 6 heteroatoms. The number of aryl methyl sites for hydroxylation is 1. The van der Waals surface area contributed by atoms with Gasteiger partial charge in [-0.1, -0.05) is 30.3 Å². The highest BCUT2D eigenvalue weighted by Gasteiger charge is 2.30. The topological polar surface area (TPSA) is 75.7 Å². The molecule has 28 heavy (non-hydrogen) atoms. The number of methoxy groups -OCH3 is 1. The van der Waals surface area contributed by atoms with Gasteiger partial charge in [-0.2, -0.15) is 0 Å². The zero-order valence-corrected chi connectivity index (χ0v) is 16.3. The Morgan fingerprint density at radius 2 is 1.93 bits per heavy atom. The highest BCUT2D eigenvalue weighted by atomic mass is 16.5. The fourth-order valence-electron chi connectivity index (χ4n) is 3.63. The molecule has 0 bridgehead atoms. The first-order chi connectivity index (χ1) is 13.4. The number of nitrogens with zero attached hydrogens (tertiary/aromatic N) is 1. The molecule has 3 rings (SSSR count). The molecule has 0 saturated carbocycles. The van der Waals surface area contributed by atoms with Crippen LogP contribution in [0.3, 0.4) is 0 Å². The van der Waals surface area contributed by atoms with E-state index >= 15 is 0 Å². The van der Waals surface area contributed by atoms with Crippen molar-refractivity contribution in [1.29, 1.82) is 0 Å². The maximum absolute atomic E-state index is 12.8. The Hall–Kier alpha value is -3.15. The number of esters is 1. The zero-order valence-electron chi connectivity index (χ0n) is 16.3. The quantitative estimate of drug-likeness (QED) is 0.826. The van der Waals surface area contributed by atoms with E-state index in [9.17, 15) is 14.4 Å². The molecule has 2 aromatic carbocycles. The number of carbonyl (C=O) groups is 3. The van der Waals surface area contributed by atoms with Gasteiger partial charge >= 0.3 is 5.97 Å². The molecule has 0 fully saturated rings. The highest BCUT2D eigenvalue weighted by Crippen LogP contribution is 2.32. The van der Waals surface area contributed by atoms with Gasteiger partial charge in [-0.3, -0.25) is 9.59 Å². The summed E-state index contributed by atoms with van der Waals surface area (Å²) in [6, 6.07) is 12.7. The summed E-state index contributed by atoms with van der Waals surface area (Å²) in [7, 11) is 1.32. The molecule has 0 saturated heterocycles. The fourth-order valence-corrected chi connectivity index (χ4v) is 3.63. The number of hydrogen-bond acceptors (Lipinski definition) is 4. The number of fused-ring (bicyclic) bond motifs is 1. The summed E-state index contributed by atoms with van der Waals surface area (Å²) < 4.78 is 4.74. The van der Waals surface area contributed by atoms with Gasteiger partial charge in [0.05, 0.1) is 25.1 Å². The van der Waals surface area contributed by atoms with Gasteiger partial charge in [0.15, 0.2) is 0 Å². The summed E-state index contributed by atoms with van der Waals surface area (Å²) in [4.78, 5) is 38.4. The lowest BCUT2D eigenvalue weighted by Crippen LogP contribution is -2.40. The van der Waals surface area contributed by atoms with Gasteiger partial charge in [0, 0.05) is 19.2 Å². The Balaban J connectivity index is 1.82. The van der Waals surface area contributed by atoms with E-state index in [1.807, 2.05) is 31.2 Å². The van der Waals surface area contributed by atoms with Gasteiger partial charge in [0.2, 0.25) is 11.8 Å². The minimum Gasteiger partial charge on any atom is -0.465 e. The average Bonchev–Trinajstić information content (AvgIpc) is 2.69. The van der Waals surface area contributed by atoms with Crippen LogP contribution in [-0.4, -0.2) is 36.3 Å². The van der Waals surface area contributed by atoms with Gasteiger partial charge in [0.1, 0.15) is 0 Å². The van der Waals surface area contributed by atoms with Crippen molar-refractivity contribution in [2.24, 2.45) is 0 Å². The molecule has 1 aliphatic heterocycles. The Labute approximate surface area is 164 Å². The molecular weight excluding hydrogens is 356 g/mol. The fraction of sp³-hybridized carbons (Fsp3) is 0.318. The van der Waals surface area contributed by atoms with Crippen LogP contribution >= 0.6 is 0 Å². The monoisotopic (exact) mass is 380 g/mol. The van der Waals surface area contributed by atoms with Crippen molar-refractivity contribution in [2.45, 2.75) is 32.7 Å². The molecule has 0 spiro atoms. The molecular formula is C22H24N2O4. The van der Waals surface area contributed by atoms with Crippen molar-refractivity contribution in [3.8, 4) is 0 Å². The van der Waals surface area contributed by atoms with Crippen LogP contribution in [-0.2, 0) is 20.7 Å². The van der Waals surface area contributed by atoms with Crippen molar-refractivity contribution >= 4 is 23.5 Å². The van der Waals surface area contributed by atoms with Crippen LogP contribution < -0.4 is 5.32 Å². The van der Waals surface area contributed by atoms with E-state index in [4.69, 9.17) is 4.74 Å². The molecule has 2 amide bonds. The number of hydrogen-bond donors (Lipinski definition) is 1. The number of nitrogens with one attached hydrogen (secondary N) is 1. The Bertz CT molecular complexity index is 923. The van der Waals surface area contributed by atoms with E-state index in [0.717, 1.165) is 17.5 Å². The number of rotatable bonds is 4. The third kappa shape index (κ3) is 4.06.